The molecule has 0 saturated carbocycles. The number of rotatable bonds is 9. The molecule has 18 heavy (non-hydrogen) atoms. The van der Waals surface area contributed by atoms with E-state index in [9.17, 15) is 4.79 Å². The Labute approximate surface area is 112 Å². The van der Waals surface area contributed by atoms with Gasteiger partial charge in [0.05, 0.1) is 6.10 Å². The highest BCUT2D eigenvalue weighted by Crippen LogP contribution is 2.11. The van der Waals surface area contributed by atoms with Crippen LogP contribution in [0, 0.1) is 5.92 Å². The molecular formula is C15H28O3. The number of allylic oxidation sites excluding steroid dienone is 1. The van der Waals surface area contributed by atoms with E-state index >= 15 is 0 Å². The minimum absolute atomic E-state index is 0.126. The summed E-state index contributed by atoms with van der Waals surface area (Å²) in [6, 6.07) is 0. The average molecular weight is 256 g/mol. The van der Waals surface area contributed by atoms with E-state index in [4.69, 9.17) is 9.47 Å². The second-order valence-corrected chi connectivity index (χ2v) is 4.98. The van der Waals surface area contributed by atoms with Crippen LogP contribution in [-0.2, 0) is 9.47 Å². The molecule has 0 aliphatic carbocycles. The molecule has 0 aromatic heterocycles. The zero-order chi connectivity index (χ0) is 13.8. The van der Waals surface area contributed by atoms with E-state index in [1.807, 2.05) is 6.08 Å². The summed E-state index contributed by atoms with van der Waals surface area (Å²) in [5.74, 6) is 0.548. The third kappa shape index (κ3) is 11.5. The molecule has 0 rings (SSSR count). The molecule has 0 saturated heterocycles. The lowest BCUT2D eigenvalue weighted by Gasteiger charge is -2.07. The largest absolute Gasteiger partial charge is 0.508 e. The van der Waals surface area contributed by atoms with Gasteiger partial charge in [0.1, 0.15) is 6.61 Å². The number of hydrogen-bond acceptors (Lipinski definition) is 3. The minimum atomic E-state index is -0.592. The van der Waals surface area contributed by atoms with Crippen molar-refractivity contribution >= 4 is 6.16 Å². The molecule has 0 N–H and O–H groups in total. The summed E-state index contributed by atoms with van der Waals surface area (Å²) in [7, 11) is 0. The van der Waals surface area contributed by atoms with Crippen molar-refractivity contribution < 1.29 is 14.3 Å². The van der Waals surface area contributed by atoms with E-state index in [0.717, 1.165) is 0 Å². The molecule has 0 fully saturated rings. The fourth-order valence-electron chi connectivity index (χ4n) is 1.62. The van der Waals surface area contributed by atoms with Crippen molar-refractivity contribution in [2.45, 2.75) is 65.9 Å². The second kappa shape index (κ2) is 11.1. The van der Waals surface area contributed by atoms with Crippen LogP contribution in [0.1, 0.15) is 59.8 Å². The third-order valence-electron chi connectivity index (χ3n) is 2.61. The van der Waals surface area contributed by atoms with E-state index in [0.29, 0.717) is 12.5 Å². The first-order valence-electron chi connectivity index (χ1n) is 7.06. The molecule has 0 amide bonds. The van der Waals surface area contributed by atoms with Crippen molar-refractivity contribution in [3.05, 3.63) is 12.2 Å². The molecule has 1 atom stereocenters. The maximum atomic E-state index is 11.1. The summed E-state index contributed by atoms with van der Waals surface area (Å²) >= 11 is 0. The Morgan fingerprint density at radius 3 is 2.50 bits per heavy atom. The van der Waals surface area contributed by atoms with Crippen molar-refractivity contribution in [1.82, 2.24) is 0 Å². The second-order valence-electron chi connectivity index (χ2n) is 4.98. The highest BCUT2D eigenvalue weighted by molar-refractivity contribution is 5.60. The van der Waals surface area contributed by atoms with Crippen molar-refractivity contribution in [2.75, 3.05) is 6.61 Å². The van der Waals surface area contributed by atoms with Gasteiger partial charge >= 0.3 is 6.16 Å². The molecule has 0 bridgehead atoms. The molecule has 3 heteroatoms. The Hall–Kier alpha value is -0.990. The Bertz CT molecular complexity index is 234. The molecule has 0 aliphatic rings. The van der Waals surface area contributed by atoms with Gasteiger partial charge in [-0.2, -0.15) is 0 Å². The van der Waals surface area contributed by atoms with Crippen molar-refractivity contribution in [1.29, 1.82) is 0 Å². The van der Waals surface area contributed by atoms with Crippen LogP contribution in [0.4, 0.5) is 4.79 Å². The van der Waals surface area contributed by atoms with E-state index < -0.39 is 6.16 Å². The monoisotopic (exact) mass is 256 g/mol. The van der Waals surface area contributed by atoms with E-state index in [2.05, 4.69) is 19.9 Å². The van der Waals surface area contributed by atoms with Crippen LogP contribution in [0.25, 0.3) is 0 Å². The van der Waals surface area contributed by atoms with Crippen LogP contribution in [0.2, 0.25) is 0 Å². The van der Waals surface area contributed by atoms with Crippen LogP contribution in [0.15, 0.2) is 12.2 Å². The van der Waals surface area contributed by atoms with Crippen molar-refractivity contribution in [3.63, 3.8) is 0 Å². The van der Waals surface area contributed by atoms with Gasteiger partial charge in [-0.3, -0.25) is 0 Å². The minimum Gasteiger partial charge on any atom is -0.432 e. The maximum Gasteiger partial charge on any atom is 0.508 e. The highest BCUT2D eigenvalue weighted by atomic mass is 16.7. The van der Waals surface area contributed by atoms with Crippen LogP contribution >= 0.6 is 0 Å². The fourth-order valence-corrected chi connectivity index (χ4v) is 1.62. The lowest BCUT2D eigenvalue weighted by Crippen LogP contribution is -2.13. The van der Waals surface area contributed by atoms with Gasteiger partial charge in [0.2, 0.25) is 0 Å². The Balaban J connectivity index is 3.53. The van der Waals surface area contributed by atoms with Crippen LogP contribution in [0.5, 0.6) is 0 Å². The van der Waals surface area contributed by atoms with Gasteiger partial charge in [0.25, 0.3) is 0 Å². The van der Waals surface area contributed by atoms with Crippen molar-refractivity contribution in [3.8, 4) is 0 Å². The quantitative estimate of drug-likeness (QED) is 0.340. The lowest BCUT2D eigenvalue weighted by atomic mass is 10.0. The first-order valence-corrected chi connectivity index (χ1v) is 7.06. The molecule has 0 heterocycles. The fraction of sp³-hybridized carbons (Fsp3) is 0.800. The van der Waals surface area contributed by atoms with Gasteiger partial charge in [-0.25, -0.2) is 4.79 Å². The van der Waals surface area contributed by atoms with Gasteiger partial charge in [-0.15, -0.1) is 0 Å². The normalized spacial score (nSPS) is 12.9. The van der Waals surface area contributed by atoms with Gasteiger partial charge in [0.15, 0.2) is 0 Å². The van der Waals surface area contributed by atoms with Gasteiger partial charge in [-0.1, -0.05) is 51.7 Å². The molecule has 0 aromatic carbocycles. The number of carbonyl (C=O) groups is 1. The first-order chi connectivity index (χ1) is 8.56. The predicted octanol–water partition coefficient (Wildman–Crippen LogP) is 4.71. The Morgan fingerprint density at radius 1 is 1.17 bits per heavy atom. The van der Waals surface area contributed by atoms with Crippen LogP contribution in [-0.4, -0.2) is 18.9 Å². The molecule has 106 valence electrons. The maximum absolute atomic E-state index is 11.1. The van der Waals surface area contributed by atoms with Gasteiger partial charge in [0, 0.05) is 0 Å². The summed E-state index contributed by atoms with van der Waals surface area (Å²) in [5.41, 5.74) is 0. The molecule has 0 aromatic rings. The van der Waals surface area contributed by atoms with Gasteiger partial charge in [-0.05, 0) is 26.2 Å². The lowest BCUT2D eigenvalue weighted by molar-refractivity contribution is 0.0413. The summed E-state index contributed by atoms with van der Waals surface area (Å²) < 4.78 is 9.75. The molecule has 3 nitrogen and oxygen atoms in total. The zero-order valence-corrected chi connectivity index (χ0v) is 12.3. The number of unbranched alkanes of at least 4 members (excludes halogenated alkanes) is 3. The Morgan fingerprint density at radius 2 is 1.89 bits per heavy atom. The highest BCUT2D eigenvalue weighted by Gasteiger charge is 2.04. The molecule has 1 unspecified atom stereocenters. The average Bonchev–Trinajstić information content (AvgIpc) is 2.29. The molecule has 0 aliphatic heterocycles. The van der Waals surface area contributed by atoms with Crippen molar-refractivity contribution in [2.24, 2.45) is 5.92 Å². The van der Waals surface area contributed by atoms with Gasteiger partial charge < -0.3 is 9.47 Å². The summed E-state index contributed by atoms with van der Waals surface area (Å²) in [6.07, 6.45) is 9.66. The molecule has 0 spiro atoms. The van der Waals surface area contributed by atoms with E-state index in [1.165, 1.54) is 32.1 Å². The van der Waals surface area contributed by atoms with E-state index in [-0.39, 0.29) is 6.10 Å². The summed E-state index contributed by atoms with van der Waals surface area (Å²) in [4.78, 5) is 11.1. The predicted molar refractivity (Wildman–Crippen MR) is 74.6 cm³/mol. The SMILES string of the molecule is CCCCCCC(C)/C=C\COC(=O)OC(C)C. The van der Waals surface area contributed by atoms with Crippen LogP contribution in [0.3, 0.4) is 0 Å². The van der Waals surface area contributed by atoms with E-state index in [1.54, 1.807) is 13.8 Å². The molecule has 0 radical (unpaired) electrons. The third-order valence-corrected chi connectivity index (χ3v) is 2.61. The Kier molecular flexibility index (Phi) is 10.5. The topological polar surface area (TPSA) is 35.5 Å². The standard InChI is InChI=1S/C15H28O3/c1-5-6-7-8-10-14(4)11-9-12-17-15(16)18-13(2)3/h9,11,13-14H,5-8,10,12H2,1-4H3/b11-9-. The van der Waals surface area contributed by atoms with Crippen LogP contribution < -0.4 is 0 Å². The molecular weight excluding hydrogens is 228 g/mol. The number of hydrogen-bond donors (Lipinski definition) is 0. The zero-order valence-electron chi connectivity index (χ0n) is 12.3. The summed E-state index contributed by atoms with van der Waals surface area (Å²) in [6.45, 7) is 8.31. The number of ether oxygens (including phenoxy) is 2. The summed E-state index contributed by atoms with van der Waals surface area (Å²) in [5, 5.41) is 0. The smallest absolute Gasteiger partial charge is 0.432 e. The number of carbonyl (C=O) groups excluding carboxylic acids is 1. The first kappa shape index (κ1) is 17.0.